The van der Waals surface area contributed by atoms with E-state index in [1.54, 1.807) is 13.0 Å². The van der Waals surface area contributed by atoms with Gasteiger partial charge >= 0.3 is 6.18 Å². The molecule has 25 heavy (non-hydrogen) atoms. The van der Waals surface area contributed by atoms with E-state index < -0.39 is 35.7 Å². The molecule has 9 heteroatoms. The van der Waals surface area contributed by atoms with E-state index in [9.17, 15) is 27.5 Å². The maximum Gasteiger partial charge on any atom is 0.425 e. The molecule has 1 unspecified atom stereocenters. The average Bonchev–Trinajstić information content (AvgIpc) is 2.94. The van der Waals surface area contributed by atoms with Gasteiger partial charge in [-0.3, -0.25) is 4.79 Å². The molecule has 1 aromatic heterocycles. The lowest BCUT2D eigenvalue weighted by molar-refractivity contribution is -0.271. The molecule has 1 atom stereocenters. The van der Waals surface area contributed by atoms with E-state index in [0.29, 0.717) is 11.1 Å². The van der Waals surface area contributed by atoms with Gasteiger partial charge in [-0.2, -0.15) is 13.2 Å². The number of nitrogens with zero attached hydrogens (tertiary/aromatic N) is 2. The van der Waals surface area contributed by atoms with E-state index in [4.69, 9.17) is 0 Å². The molecule has 2 rings (SSSR count). The number of benzene rings is 1. The number of amides is 1. The second-order valence-corrected chi connectivity index (χ2v) is 5.76. The lowest BCUT2D eigenvalue weighted by Crippen LogP contribution is -2.47. The maximum atomic E-state index is 13.4. The number of aliphatic hydroxyl groups is 1. The number of hydrogen-bond acceptors (Lipinski definition) is 3. The average molecular weight is 359 g/mol. The molecule has 1 amide bonds. The van der Waals surface area contributed by atoms with Crippen molar-refractivity contribution in [2.75, 3.05) is 0 Å². The molecule has 0 bridgehead atoms. The normalized spacial score (nSPS) is 14.2. The molecular formula is C16H17F4N3O2. The second kappa shape index (κ2) is 6.83. The van der Waals surface area contributed by atoms with Crippen LogP contribution in [0.2, 0.25) is 0 Å². The summed E-state index contributed by atoms with van der Waals surface area (Å²) in [5.74, 6) is -2.20. The fourth-order valence-electron chi connectivity index (χ4n) is 2.31. The molecule has 1 aromatic carbocycles. The van der Waals surface area contributed by atoms with Crippen molar-refractivity contribution >= 4 is 5.91 Å². The van der Waals surface area contributed by atoms with E-state index in [0.717, 1.165) is 10.8 Å². The number of rotatable bonds is 5. The van der Waals surface area contributed by atoms with Gasteiger partial charge in [0.1, 0.15) is 5.82 Å². The minimum atomic E-state index is -5.10. The number of halogens is 4. The SMILES string of the molecule is Cc1ccc(CNC(=O)CC(O)(c2nccn2C)C(F)(F)F)cc1F. The lowest BCUT2D eigenvalue weighted by Gasteiger charge is -2.29. The third-order valence-electron chi connectivity index (χ3n) is 3.80. The Labute approximate surface area is 141 Å². The Kier molecular flexibility index (Phi) is 5.17. The molecule has 5 nitrogen and oxygen atoms in total. The van der Waals surface area contributed by atoms with Crippen LogP contribution in [0.3, 0.4) is 0 Å². The number of aromatic nitrogens is 2. The van der Waals surface area contributed by atoms with Gasteiger partial charge in [-0.1, -0.05) is 12.1 Å². The van der Waals surface area contributed by atoms with Crippen molar-refractivity contribution in [2.24, 2.45) is 7.05 Å². The zero-order chi connectivity index (χ0) is 18.8. The predicted molar refractivity (Wildman–Crippen MR) is 80.8 cm³/mol. The molecule has 0 fully saturated rings. The maximum absolute atomic E-state index is 13.4. The van der Waals surface area contributed by atoms with Gasteiger partial charge in [0, 0.05) is 26.0 Å². The summed E-state index contributed by atoms with van der Waals surface area (Å²) in [6.45, 7) is 1.40. The summed E-state index contributed by atoms with van der Waals surface area (Å²) in [7, 11) is 1.28. The molecule has 0 aliphatic heterocycles. The van der Waals surface area contributed by atoms with Gasteiger partial charge in [-0.15, -0.1) is 0 Å². The highest BCUT2D eigenvalue weighted by molar-refractivity contribution is 5.77. The third kappa shape index (κ3) is 3.98. The topological polar surface area (TPSA) is 67.2 Å². The molecule has 0 radical (unpaired) electrons. The summed E-state index contributed by atoms with van der Waals surface area (Å²) in [5, 5.41) is 12.4. The molecule has 1 heterocycles. The van der Waals surface area contributed by atoms with Crippen LogP contribution in [0.25, 0.3) is 0 Å². The van der Waals surface area contributed by atoms with Gasteiger partial charge in [-0.25, -0.2) is 9.37 Å². The van der Waals surface area contributed by atoms with Crippen molar-refractivity contribution in [1.82, 2.24) is 14.9 Å². The molecule has 2 aromatic rings. The highest BCUT2D eigenvalue weighted by Crippen LogP contribution is 2.40. The molecule has 136 valence electrons. The minimum absolute atomic E-state index is 0.162. The number of hydrogen-bond donors (Lipinski definition) is 2. The zero-order valence-electron chi connectivity index (χ0n) is 13.6. The summed E-state index contributed by atoms with van der Waals surface area (Å²) in [6, 6.07) is 4.23. The Bertz CT molecular complexity index is 773. The molecule has 0 saturated heterocycles. The first-order valence-corrected chi connectivity index (χ1v) is 7.33. The van der Waals surface area contributed by atoms with Crippen LogP contribution in [0.4, 0.5) is 17.6 Å². The number of carbonyl (C=O) groups is 1. The molecule has 0 aliphatic carbocycles. The highest BCUT2D eigenvalue weighted by atomic mass is 19.4. The quantitative estimate of drug-likeness (QED) is 0.806. The third-order valence-corrected chi connectivity index (χ3v) is 3.80. The lowest BCUT2D eigenvalue weighted by atomic mass is 9.97. The Morgan fingerprint density at radius 3 is 2.56 bits per heavy atom. The van der Waals surface area contributed by atoms with Crippen LogP contribution in [0, 0.1) is 12.7 Å². The van der Waals surface area contributed by atoms with Crippen molar-refractivity contribution in [3.05, 3.63) is 53.4 Å². The molecular weight excluding hydrogens is 342 g/mol. The van der Waals surface area contributed by atoms with Crippen molar-refractivity contribution in [3.8, 4) is 0 Å². The first-order valence-electron chi connectivity index (χ1n) is 7.33. The van der Waals surface area contributed by atoms with Gasteiger partial charge in [0.2, 0.25) is 11.5 Å². The predicted octanol–water partition coefficient (Wildman–Crippen LogP) is 2.32. The smallest absolute Gasteiger partial charge is 0.374 e. The van der Waals surface area contributed by atoms with Crippen LogP contribution in [0.15, 0.2) is 30.6 Å². The van der Waals surface area contributed by atoms with Crippen LogP contribution < -0.4 is 5.32 Å². The van der Waals surface area contributed by atoms with E-state index in [-0.39, 0.29) is 6.54 Å². The highest BCUT2D eigenvalue weighted by Gasteiger charge is 2.58. The molecule has 0 aliphatic rings. The van der Waals surface area contributed by atoms with E-state index in [1.807, 2.05) is 0 Å². The van der Waals surface area contributed by atoms with Gasteiger partial charge in [0.05, 0.1) is 6.42 Å². The Morgan fingerprint density at radius 2 is 2.04 bits per heavy atom. The Hall–Kier alpha value is -2.42. The monoisotopic (exact) mass is 359 g/mol. The van der Waals surface area contributed by atoms with Crippen LogP contribution in [0.5, 0.6) is 0 Å². The van der Waals surface area contributed by atoms with E-state index >= 15 is 0 Å². The summed E-state index contributed by atoms with van der Waals surface area (Å²) in [6.07, 6.45) is -4.02. The number of nitrogens with one attached hydrogen (secondary N) is 1. The minimum Gasteiger partial charge on any atom is -0.374 e. The summed E-state index contributed by atoms with van der Waals surface area (Å²) in [5.41, 5.74) is -2.62. The summed E-state index contributed by atoms with van der Waals surface area (Å²) >= 11 is 0. The Balaban J connectivity index is 2.13. The van der Waals surface area contributed by atoms with Gasteiger partial charge in [0.25, 0.3) is 0 Å². The van der Waals surface area contributed by atoms with E-state index in [2.05, 4.69) is 10.3 Å². The molecule has 0 saturated carbocycles. The van der Waals surface area contributed by atoms with Crippen molar-refractivity contribution in [1.29, 1.82) is 0 Å². The van der Waals surface area contributed by atoms with Crippen LogP contribution in [-0.4, -0.2) is 26.7 Å². The van der Waals surface area contributed by atoms with Crippen molar-refractivity contribution in [2.45, 2.75) is 31.7 Å². The molecule has 2 N–H and O–H groups in total. The first kappa shape index (κ1) is 18.9. The van der Waals surface area contributed by atoms with Crippen molar-refractivity contribution in [3.63, 3.8) is 0 Å². The summed E-state index contributed by atoms with van der Waals surface area (Å²) in [4.78, 5) is 15.4. The number of imidazole rings is 1. The number of aryl methyl sites for hydroxylation is 2. The number of alkyl halides is 3. The van der Waals surface area contributed by atoms with E-state index in [1.165, 1.54) is 25.4 Å². The van der Waals surface area contributed by atoms with Crippen molar-refractivity contribution < 1.29 is 27.5 Å². The zero-order valence-corrected chi connectivity index (χ0v) is 13.6. The van der Waals surface area contributed by atoms with Crippen LogP contribution in [0.1, 0.15) is 23.4 Å². The van der Waals surface area contributed by atoms with Gasteiger partial charge in [0.15, 0.2) is 5.82 Å². The Morgan fingerprint density at radius 1 is 1.36 bits per heavy atom. The largest absolute Gasteiger partial charge is 0.425 e. The number of carbonyl (C=O) groups excluding carboxylic acids is 1. The molecule has 0 spiro atoms. The summed E-state index contributed by atoms with van der Waals surface area (Å²) < 4.78 is 54.5. The van der Waals surface area contributed by atoms with Gasteiger partial charge < -0.3 is 15.0 Å². The van der Waals surface area contributed by atoms with Crippen LogP contribution >= 0.6 is 0 Å². The fourth-order valence-corrected chi connectivity index (χ4v) is 2.31. The first-order chi connectivity index (χ1) is 11.5. The van der Waals surface area contributed by atoms with Crippen LogP contribution in [-0.2, 0) is 24.0 Å². The van der Waals surface area contributed by atoms with Gasteiger partial charge in [-0.05, 0) is 24.1 Å². The fraction of sp³-hybridized carbons (Fsp3) is 0.375. The second-order valence-electron chi connectivity index (χ2n) is 5.76. The standard InChI is InChI=1S/C16H17F4N3O2/c1-10-3-4-11(7-12(10)17)9-22-13(24)8-15(25,16(18,19)20)14-21-5-6-23(14)2/h3-7,25H,8-9H2,1-2H3,(H,22,24).